The lowest BCUT2D eigenvalue weighted by Gasteiger charge is -2.38. The monoisotopic (exact) mass is 350 g/mol. The number of fused-ring (bicyclic) bond motifs is 4. The molecule has 0 aliphatic carbocycles. The summed E-state index contributed by atoms with van der Waals surface area (Å²) >= 11 is 0. The van der Waals surface area contributed by atoms with E-state index in [4.69, 9.17) is 0 Å². The van der Waals surface area contributed by atoms with Crippen LogP contribution >= 0.6 is 0 Å². The quantitative estimate of drug-likeness (QED) is 0.674. The molecule has 2 aromatic heterocycles. The number of benzene rings is 1. The van der Waals surface area contributed by atoms with Gasteiger partial charge in [-0.1, -0.05) is 0 Å². The molecule has 2 aliphatic rings. The molecular formula is C19H19FN6. The van der Waals surface area contributed by atoms with Gasteiger partial charge in [-0.15, -0.1) is 0 Å². The molecule has 1 unspecified atom stereocenters. The number of hydrogen-bond acceptors (Lipinski definition) is 5. The van der Waals surface area contributed by atoms with Crippen molar-refractivity contribution in [2.45, 2.75) is 18.9 Å². The summed E-state index contributed by atoms with van der Waals surface area (Å²) in [6.45, 7) is 3.96. The van der Waals surface area contributed by atoms with Gasteiger partial charge in [-0.2, -0.15) is 10.4 Å². The third-order valence-electron chi connectivity index (χ3n) is 5.63. The fraction of sp³-hybridized carbons (Fsp3) is 0.421. The Hall–Kier alpha value is -2.72. The van der Waals surface area contributed by atoms with Gasteiger partial charge in [0.25, 0.3) is 0 Å². The largest absolute Gasteiger partial charge is 0.352 e. The molecular weight excluding hydrogens is 331 g/mol. The molecule has 132 valence electrons. The minimum atomic E-state index is -0.453. The summed E-state index contributed by atoms with van der Waals surface area (Å²) < 4.78 is 16.4. The highest BCUT2D eigenvalue weighted by atomic mass is 19.1. The SMILES string of the molecule is Cn1cc2c(n1)c(N1CCN3CCCC3C1)nc1c(F)cc(C#N)cc12. The Labute approximate surface area is 150 Å². The number of aromatic nitrogens is 3. The topological polar surface area (TPSA) is 61.0 Å². The summed E-state index contributed by atoms with van der Waals surface area (Å²) in [5.74, 6) is 0.300. The maximum atomic E-state index is 14.7. The second-order valence-corrected chi connectivity index (χ2v) is 7.24. The van der Waals surface area contributed by atoms with Gasteiger partial charge in [-0.05, 0) is 31.5 Å². The Morgan fingerprint density at radius 2 is 2.08 bits per heavy atom. The second-order valence-electron chi connectivity index (χ2n) is 7.24. The summed E-state index contributed by atoms with van der Waals surface area (Å²) in [4.78, 5) is 9.46. The Bertz CT molecular complexity index is 1070. The molecule has 1 atom stereocenters. The number of nitriles is 1. The molecule has 0 amide bonds. The first-order valence-corrected chi connectivity index (χ1v) is 9.00. The molecule has 0 radical (unpaired) electrons. The van der Waals surface area contributed by atoms with Gasteiger partial charge in [0.2, 0.25) is 0 Å². The van der Waals surface area contributed by atoms with Crippen LogP contribution in [-0.4, -0.2) is 51.9 Å². The molecule has 7 heteroatoms. The van der Waals surface area contributed by atoms with Crippen LogP contribution < -0.4 is 4.90 Å². The first-order valence-electron chi connectivity index (χ1n) is 9.00. The van der Waals surface area contributed by atoms with Crippen LogP contribution in [0.4, 0.5) is 10.2 Å². The maximum Gasteiger partial charge on any atom is 0.158 e. The fourth-order valence-electron chi connectivity index (χ4n) is 4.40. The molecule has 0 saturated carbocycles. The highest BCUT2D eigenvalue weighted by Crippen LogP contribution is 2.34. The smallest absolute Gasteiger partial charge is 0.158 e. The average molecular weight is 350 g/mol. The molecule has 2 saturated heterocycles. The molecule has 0 bridgehead atoms. The van der Waals surface area contributed by atoms with Gasteiger partial charge >= 0.3 is 0 Å². The first kappa shape index (κ1) is 15.5. The zero-order chi connectivity index (χ0) is 17.8. The molecule has 3 aromatic rings. The number of nitrogens with zero attached hydrogens (tertiary/aromatic N) is 6. The van der Waals surface area contributed by atoms with Crippen molar-refractivity contribution in [3.63, 3.8) is 0 Å². The molecule has 2 fully saturated rings. The molecule has 2 aliphatic heterocycles. The minimum Gasteiger partial charge on any atom is -0.352 e. The summed E-state index contributed by atoms with van der Waals surface area (Å²) in [6.07, 6.45) is 4.33. The number of piperazine rings is 1. The van der Waals surface area contributed by atoms with Crippen molar-refractivity contribution in [1.29, 1.82) is 5.26 Å². The fourth-order valence-corrected chi connectivity index (χ4v) is 4.40. The zero-order valence-corrected chi connectivity index (χ0v) is 14.6. The standard InChI is InChI=1S/C19H19FN6/c1-24-11-15-14-7-12(9-21)8-16(20)17(14)22-19(18(15)23-24)26-6-5-25-4-2-3-13(25)10-26/h7-8,11,13H,2-6,10H2,1H3. The predicted octanol–water partition coefficient (Wildman–Crippen LogP) is 2.42. The van der Waals surface area contributed by atoms with Gasteiger partial charge in [0, 0.05) is 49.7 Å². The van der Waals surface area contributed by atoms with Gasteiger partial charge in [0.15, 0.2) is 11.6 Å². The van der Waals surface area contributed by atoms with Gasteiger partial charge < -0.3 is 4.90 Å². The summed E-state index contributed by atoms with van der Waals surface area (Å²) in [7, 11) is 1.86. The van der Waals surface area contributed by atoms with Crippen LogP contribution in [0, 0.1) is 17.1 Å². The highest BCUT2D eigenvalue weighted by molar-refractivity contribution is 6.09. The number of halogens is 1. The average Bonchev–Trinajstić information content (AvgIpc) is 3.26. The molecule has 1 aromatic carbocycles. The van der Waals surface area contributed by atoms with Crippen LogP contribution in [0.2, 0.25) is 0 Å². The van der Waals surface area contributed by atoms with E-state index in [9.17, 15) is 9.65 Å². The van der Waals surface area contributed by atoms with Crippen LogP contribution in [-0.2, 0) is 7.05 Å². The zero-order valence-electron chi connectivity index (χ0n) is 14.6. The van der Waals surface area contributed by atoms with Crippen LogP contribution in [0.3, 0.4) is 0 Å². The lowest BCUT2D eigenvalue weighted by atomic mass is 10.1. The van der Waals surface area contributed by atoms with Crippen molar-refractivity contribution in [1.82, 2.24) is 19.7 Å². The van der Waals surface area contributed by atoms with Crippen LogP contribution in [0.25, 0.3) is 21.8 Å². The van der Waals surface area contributed by atoms with E-state index in [1.165, 1.54) is 25.5 Å². The Balaban J connectivity index is 1.72. The van der Waals surface area contributed by atoms with E-state index in [1.54, 1.807) is 10.7 Å². The predicted molar refractivity (Wildman–Crippen MR) is 97.5 cm³/mol. The number of hydrogen-bond donors (Lipinski definition) is 0. The van der Waals surface area contributed by atoms with Gasteiger partial charge in [-0.3, -0.25) is 9.58 Å². The van der Waals surface area contributed by atoms with Gasteiger partial charge in [0.05, 0.1) is 11.6 Å². The summed E-state index contributed by atoms with van der Waals surface area (Å²) in [5.41, 5.74) is 1.39. The van der Waals surface area contributed by atoms with Crippen molar-refractivity contribution >= 4 is 27.6 Å². The Kier molecular flexibility index (Phi) is 3.37. The van der Waals surface area contributed by atoms with Gasteiger partial charge in [-0.25, -0.2) is 9.37 Å². The van der Waals surface area contributed by atoms with Crippen LogP contribution in [0.1, 0.15) is 18.4 Å². The van der Waals surface area contributed by atoms with E-state index in [0.717, 1.165) is 36.4 Å². The normalized spacial score (nSPS) is 20.7. The second kappa shape index (κ2) is 5.64. The van der Waals surface area contributed by atoms with Crippen molar-refractivity contribution in [3.05, 3.63) is 29.7 Å². The van der Waals surface area contributed by atoms with Crippen molar-refractivity contribution in [2.24, 2.45) is 7.05 Å². The Morgan fingerprint density at radius 1 is 1.19 bits per heavy atom. The van der Waals surface area contributed by atoms with E-state index >= 15 is 0 Å². The molecule has 5 rings (SSSR count). The van der Waals surface area contributed by atoms with Crippen molar-refractivity contribution in [2.75, 3.05) is 31.1 Å². The van der Waals surface area contributed by atoms with E-state index in [1.807, 2.05) is 19.3 Å². The third-order valence-corrected chi connectivity index (χ3v) is 5.63. The number of pyridine rings is 1. The lowest BCUT2D eigenvalue weighted by molar-refractivity contribution is 0.230. The van der Waals surface area contributed by atoms with E-state index in [0.29, 0.717) is 22.5 Å². The molecule has 4 heterocycles. The van der Waals surface area contributed by atoms with E-state index < -0.39 is 5.82 Å². The van der Waals surface area contributed by atoms with Crippen LogP contribution in [0.5, 0.6) is 0 Å². The number of aryl methyl sites for hydroxylation is 1. The number of anilines is 1. The summed E-state index contributed by atoms with van der Waals surface area (Å²) in [5, 5.41) is 15.3. The summed E-state index contributed by atoms with van der Waals surface area (Å²) in [6, 6.07) is 5.53. The van der Waals surface area contributed by atoms with Crippen molar-refractivity contribution in [3.8, 4) is 6.07 Å². The molecule has 0 spiro atoms. The lowest BCUT2D eigenvalue weighted by Crippen LogP contribution is -2.50. The maximum absolute atomic E-state index is 14.7. The third kappa shape index (κ3) is 2.26. The molecule has 26 heavy (non-hydrogen) atoms. The van der Waals surface area contributed by atoms with Crippen LogP contribution in [0.15, 0.2) is 18.3 Å². The number of rotatable bonds is 1. The van der Waals surface area contributed by atoms with E-state index in [-0.39, 0.29) is 0 Å². The Morgan fingerprint density at radius 3 is 2.92 bits per heavy atom. The molecule has 0 N–H and O–H groups in total. The van der Waals surface area contributed by atoms with Gasteiger partial charge in [0.1, 0.15) is 11.0 Å². The van der Waals surface area contributed by atoms with Crippen molar-refractivity contribution < 1.29 is 4.39 Å². The minimum absolute atomic E-state index is 0.300. The molecule has 6 nitrogen and oxygen atoms in total. The first-order chi connectivity index (χ1) is 12.6. The van der Waals surface area contributed by atoms with E-state index in [2.05, 4.69) is 19.9 Å². The highest BCUT2D eigenvalue weighted by Gasteiger charge is 2.32.